The molecule has 0 saturated carbocycles. The number of nitrogens with one attached hydrogen (secondary N) is 2. The van der Waals surface area contributed by atoms with Crippen LogP contribution in [0.4, 0.5) is 4.79 Å². The summed E-state index contributed by atoms with van der Waals surface area (Å²) in [6, 6.07) is 0.494. The molecule has 2 amide bonds. The Kier molecular flexibility index (Phi) is 6.08. The van der Waals surface area contributed by atoms with Crippen molar-refractivity contribution in [1.29, 1.82) is 0 Å². The Morgan fingerprint density at radius 3 is 2.74 bits per heavy atom. The number of nitrogens with zero attached hydrogens (tertiary/aromatic N) is 1. The Balaban J connectivity index is 2.19. The van der Waals surface area contributed by atoms with Crippen LogP contribution in [0.15, 0.2) is 0 Å². The Morgan fingerprint density at radius 2 is 2.16 bits per heavy atom. The van der Waals surface area contributed by atoms with E-state index in [4.69, 9.17) is 5.11 Å². The summed E-state index contributed by atoms with van der Waals surface area (Å²) in [5, 5.41) is 14.4. The average molecular weight is 271 g/mol. The van der Waals surface area contributed by atoms with Crippen molar-refractivity contribution in [2.45, 2.75) is 45.2 Å². The van der Waals surface area contributed by atoms with Gasteiger partial charge in [0.2, 0.25) is 0 Å². The number of urea groups is 1. The van der Waals surface area contributed by atoms with Crippen LogP contribution in [-0.2, 0) is 4.79 Å². The summed E-state index contributed by atoms with van der Waals surface area (Å²) in [6.45, 7) is 5.17. The Hall–Kier alpha value is -1.30. The molecule has 6 nitrogen and oxygen atoms in total. The van der Waals surface area contributed by atoms with Gasteiger partial charge in [-0.3, -0.25) is 4.79 Å². The molecular weight excluding hydrogens is 246 g/mol. The monoisotopic (exact) mass is 271 g/mol. The van der Waals surface area contributed by atoms with Crippen LogP contribution >= 0.6 is 0 Å². The summed E-state index contributed by atoms with van der Waals surface area (Å²) in [5.41, 5.74) is 0. The maximum Gasteiger partial charge on any atom is 0.315 e. The van der Waals surface area contributed by atoms with Gasteiger partial charge in [-0.15, -0.1) is 0 Å². The van der Waals surface area contributed by atoms with Gasteiger partial charge in [-0.2, -0.15) is 0 Å². The number of rotatable bonds is 5. The lowest BCUT2D eigenvalue weighted by molar-refractivity contribution is -0.141. The van der Waals surface area contributed by atoms with E-state index in [1.807, 2.05) is 0 Å². The fourth-order valence-corrected chi connectivity index (χ4v) is 2.18. The molecule has 0 bridgehead atoms. The topological polar surface area (TPSA) is 81.7 Å². The summed E-state index contributed by atoms with van der Waals surface area (Å²) in [4.78, 5) is 24.6. The molecule has 110 valence electrons. The van der Waals surface area contributed by atoms with Crippen molar-refractivity contribution >= 4 is 12.0 Å². The SMILES string of the molecule is CC(CCNC(=O)NC1CCN(C)C(C)C1)C(=O)O. The predicted octanol–water partition coefficient (Wildman–Crippen LogP) is 0.879. The third-order valence-electron chi connectivity index (χ3n) is 3.83. The van der Waals surface area contributed by atoms with Crippen LogP contribution < -0.4 is 10.6 Å². The molecule has 1 aliphatic heterocycles. The smallest absolute Gasteiger partial charge is 0.315 e. The van der Waals surface area contributed by atoms with Gasteiger partial charge in [0.15, 0.2) is 0 Å². The zero-order chi connectivity index (χ0) is 14.4. The third-order valence-corrected chi connectivity index (χ3v) is 3.83. The first kappa shape index (κ1) is 15.8. The number of hydrogen-bond donors (Lipinski definition) is 3. The molecule has 0 aromatic heterocycles. The number of amides is 2. The van der Waals surface area contributed by atoms with E-state index in [0.29, 0.717) is 19.0 Å². The Morgan fingerprint density at radius 1 is 1.47 bits per heavy atom. The maximum absolute atomic E-state index is 11.7. The van der Waals surface area contributed by atoms with Gasteiger partial charge in [0.25, 0.3) is 0 Å². The molecule has 0 aliphatic carbocycles. The number of carbonyl (C=O) groups excluding carboxylic acids is 1. The molecule has 19 heavy (non-hydrogen) atoms. The largest absolute Gasteiger partial charge is 0.481 e. The quantitative estimate of drug-likeness (QED) is 0.693. The van der Waals surface area contributed by atoms with Crippen molar-refractivity contribution in [2.75, 3.05) is 20.1 Å². The van der Waals surface area contributed by atoms with E-state index in [0.717, 1.165) is 19.4 Å². The van der Waals surface area contributed by atoms with E-state index < -0.39 is 11.9 Å². The standard InChI is InChI=1S/C13H25N3O3/c1-9(12(17)18)4-6-14-13(19)15-11-5-7-16(3)10(2)8-11/h9-11H,4-8H2,1-3H3,(H,17,18)(H2,14,15,19). The van der Waals surface area contributed by atoms with E-state index in [1.165, 1.54) is 0 Å². The molecule has 3 atom stereocenters. The fraction of sp³-hybridized carbons (Fsp3) is 0.846. The maximum atomic E-state index is 11.7. The second kappa shape index (κ2) is 7.33. The third kappa shape index (κ3) is 5.46. The zero-order valence-corrected chi connectivity index (χ0v) is 12.0. The normalized spacial score (nSPS) is 25.6. The van der Waals surface area contributed by atoms with Crippen molar-refractivity contribution in [3.05, 3.63) is 0 Å². The predicted molar refractivity (Wildman–Crippen MR) is 73.1 cm³/mol. The summed E-state index contributed by atoms with van der Waals surface area (Å²) in [5.74, 6) is -1.25. The molecule has 1 aliphatic rings. The minimum absolute atomic E-state index is 0.195. The second-order valence-corrected chi connectivity index (χ2v) is 5.48. The molecule has 3 N–H and O–H groups in total. The number of carbonyl (C=O) groups is 2. The molecule has 1 fully saturated rings. The van der Waals surface area contributed by atoms with Crippen molar-refractivity contribution in [2.24, 2.45) is 5.92 Å². The van der Waals surface area contributed by atoms with Crippen LogP contribution in [-0.4, -0.2) is 54.2 Å². The fourth-order valence-electron chi connectivity index (χ4n) is 2.18. The minimum Gasteiger partial charge on any atom is -0.481 e. The molecule has 6 heteroatoms. The molecular formula is C13H25N3O3. The average Bonchev–Trinajstić information content (AvgIpc) is 2.33. The highest BCUT2D eigenvalue weighted by molar-refractivity contribution is 5.74. The highest BCUT2D eigenvalue weighted by atomic mass is 16.4. The van der Waals surface area contributed by atoms with Crippen molar-refractivity contribution in [3.8, 4) is 0 Å². The summed E-state index contributed by atoms with van der Waals surface area (Å²) in [6.07, 6.45) is 2.36. The highest BCUT2D eigenvalue weighted by Gasteiger charge is 2.23. The van der Waals surface area contributed by atoms with E-state index in [-0.39, 0.29) is 12.1 Å². The number of piperidine rings is 1. The number of aliphatic carboxylic acids is 1. The van der Waals surface area contributed by atoms with Gasteiger partial charge in [0, 0.05) is 25.2 Å². The van der Waals surface area contributed by atoms with E-state index in [1.54, 1.807) is 6.92 Å². The molecule has 0 aromatic carbocycles. The first-order chi connectivity index (χ1) is 8.90. The van der Waals surface area contributed by atoms with E-state index >= 15 is 0 Å². The highest BCUT2D eigenvalue weighted by Crippen LogP contribution is 2.14. The Labute approximate surface area is 114 Å². The zero-order valence-electron chi connectivity index (χ0n) is 12.0. The number of carboxylic acid groups (broad SMARTS) is 1. The number of hydrogen-bond acceptors (Lipinski definition) is 3. The first-order valence-corrected chi connectivity index (χ1v) is 6.87. The molecule has 1 heterocycles. The van der Waals surface area contributed by atoms with Crippen LogP contribution in [0.25, 0.3) is 0 Å². The lowest BCUT2D eigenvalue weighted by Gasteiger charge is -2.35. The van der Waals surface area contributed by atoms with Gasteiger partial charge >= 0.3 is 12.0 Å². The van der Waals surface area contributed by atoms with Gasteiger partial charge < -0.3 is 20.6 Å². The first-order valence-electron chi connectivity index (χ1n) is 6.87. The molecule has 1 rings (SSSR count). The summed E-state index contributed by atoms with van der Waals surface area (Å²) in [7, 11) is 2.09. The van der Waals surface area contributed by atoms with Crippen molar-refractivity contribution in [1.82, 2.24) is 15.5 Å². The van der Waals surface area contributed by atoms with Crippen LogP contribution in [0, 0.1) is 5.92 Å². The van der Waals surface area contributed by atoms with Gasteiger partial charge in [-0.1, -0.05) is 6.92 Å². The van der Waals surface area contributed by atoms with Crippen LogP contribution in [0.1, 0.15) is 33.1 Å². The summed E-state index contributed by atoms with van der Waals surface area (Å²) >= 11 is 0. The molecule has 0 radical (unpaired) electrons. The molecule has 0 spiro atoms. The second-order valence-electron chi connectivity index (χ2n) is 5.48. The lowest BCUT2D eigenvalue weighted by Crippen LogP contribution is -2.50. The Bertz CT molecular complexity index is 322. The van der Waals surface area contributed by atoms with Crippen molar-refractivity contribution < 1.29 is 14.7 Å². The lowest BCUT2D eigenvalue weighted by atomic mass is 9.99. The van der Waals surface area contributed by atoms with Gasteiger partial charge in [-0.05, 0) is 33.2 Å². The minimum atomic E-state index is -0.827. The van der Waals surface area contributed by atoms with Crippen molar-refractivity contribution in [3.63, 3.8) is 0 Å². The molecule has 0 aromatic rings. The van der Waals surface area contributed by atoms with E-state index in [9.17, 15) is 9.59 Å². The number of likely N-dealkylation sites (tertiary alicyclic amines) is 1. The number of carboxylic acids is 1. The molecule has 1 saturated heterocycles. The van der Waals surface area contributed by atoms with Crippen LogP contribution in [0.5, 0.6) is 0 Å². The van der Waals surface area contributed by atoms with Gasteiger partial charge in [-0.25, -0.2) is 4.79 Å². The summed E-state index contributed by atoms with van der Waals surface area (Å²) < 4.78 is 0. The van der Waals surface area contributed by atoms with Gasteiger partial charge in [0.1, 0.15) is 0 Å². The van der Waals surface area contributed by atoms with E-state index in [2.05, 4.69) is 29.5 Å². The van der Waals surface area contributed by atoms with Gasteiger partial charge in [0.05, 0.1) is 5.92 Å². The van der Waals surface area contributed by atoms with Crippen LogP contribution in [0.3, 0.4) is 0 Å². The van der Waals surface area contributed by atoms with Crippen LogP contribution in [0.2, 0.25) is 0 Å². The molecule has 3 unspecified atom stereocenters.